The van der Waals surface area contributed by atoms with Gasteiger partial charge in [-0.2, -0.15) is 0 Å². The number of carbonyl (C=O) groups excluding carboxylic acids is 2. The lowest BCUT2D eigenvalue weighted by Gasteiger charge is -2.33. The largest absolute Gasteiger partial charge is 0.326 e. The van der Waals surface area contributed by atoms with Crippen LogP contribution in [0, 0.1) is 0 Å². The standard InChI is InChI=1S/C22H24N4O2S/c1-15(27)23-16-7-6-8-17(13-16)24-21(28)14-26-12-5-4-10-19(26)22-25-18-9-2-3-11-20(18)29-22/h2-3,6-9,11,13,19H,4-5,10,12,14H2,1H3,(H,23,27)(H,24,28). The van der Waals surface area contributed by atoms with Gasteiger partial charge in [-0.15, -0.1) is 11.3 Å². The predicted octanol–water partition coefficient (Wildman–Crippen LogP) is 4.42. The van der Waals surface area contributed by atoms with E-state index in [9.17, 15) is 9.59 Å². The van der Waals surface area contributed by atoms with Crippen LogP contribution in [0.1, 0.15) is 37.2 Å². The van der Waals surface area contributed by atoms with Gasteiger partial charge >= 0.3 is 0 Å². The van der Waals surface area contributed by atoms with Crippen molar-refractivity contribution in [1.29, 1.82) is 0 Å². The highest BCUT2D eigenvalue weighted by Gasteiger charge is 2.28. The molecular formula is C22H24N4O2S. The van der Waals surface area contributed by atoms with E-state index in [-0.39, 0.29) is 17.9 Å². The van der Waals surface area contributed by atoms with Crippen LogP contribution in [0.25, 0.3) is 10.2 Å². The fourth-order valence-electron chi connectivity index (χ4n) is 3.76. The lowest BCUT2D eigenvalue weighted by molar-refractivity contribution is -0.118. The predicted molar refractivity (Wildman–Crippen MR) is 117 cm³/mol. The second-order valence-electron chi connectivity index (χ2n) is 7.31. The van der Waals surface area contributed by atoms with E-state index >= 15 is 0 Å². The minimum atomic E-state index is -0.138. The molecule has 7 heteroatoms. The Morgan fingerprint density at radius 1 is 1.10 bits per heavy atom. The number of para-hydroxylation sites is 1. The maximum atomic E-state index is 12.7. The van der Waals surface area contributed by atoms with Crippen LogP contribution in [0.15, 0.2) is 48.5 Å². The summed E-state index contributed by atoms with van der Waals surface area (Å²) >= 11 is 1.72. The van der Waals surface area contributed by atoms with Gasteiger partial charge in [-0.25, -0.2) is 4.98 Å². The number of nitrogens with zero attached hydrogens (tertiary/aromatic N) is 2. The van der Waals surface area contributed by atoms with Gasteiger partial charge in [0.15, 0.2) is 0 Å². The van der Waals surface area contributed by atoms with Crippen LogP contribution >= 0.6 is 11.3 Å². The lowest BCUT2D eigenvalue weighted by Crippen LogP contribution is -2.39. The number of rotatable bonds is 5. The highest BCUT2D eigenvalue weighted by atomic mass is 32.1. The second kappa shape index (κ2) is 8.71. The molecule has 2 N–H and O–H groups in total. The maximum absolute atomic E-state index is 12.7. The minimum Gasteiger partial charge on any atom is -0.326 e. The second-order valence-corrected chi connectivity index (χ2v) is 8.37. The average molecular weight is 409 g/mol. The van der Waals surface area contributed by atoms with Crippen molar-refractivity contribution in [3.8, 4) is 0 Å². The van der Waals surface area contributed by atoms with E-state index in [0.717, 1.165) is 36.3 Å². The molecule has 0 bridgehead atoms. The summed E-state index contributed by atoms with van der Waals surface area (Å²) < 4.78 is 1.19. The molecule has 3 aromatic rings. The molecule has 6 nitrogen and oxygen atoms in total. The van der Waals surface area contributed by atoms with Crippen molar-refractivity contribution < 1.29 is 9.59 Å². The van der Waals surface area contributed by atoms with Crippen LogP contribution in [0.3, 0.4) is 0 Å². The van der Waals surface area contributed by atoms with Gasteiger partial charge in [-0.3, -0.25) is 14.5 Å². The summed E-state index contributed by atoms with van der Waals surface area (Å²) in [6.45, 7) is 2.68. The number of hydrogen-bond donors (Lipinski definition) is 2. The van der Waals surface area contributed by atoms with Gasteiger partial charge in [0.25, 0.3) is 0 Å². The number of amides is 2. The number of carbonyl (C=O) groups is 2. The molecule has 1 aliphatic heterocycles. The van der Waals surface area contributed by atoms with Crippen molar-refractivity contribution in [2.24, 2.45) is 0 Å². The Morgan fingerprint density at radius 3 is 2.69 bits per heavy atom. The molecule has 1 unspecified atom stereocenters. The number of benzene rings is 2. The third-order valence-electron chi connectivity index (χ3n) is 5.02. The Kier molecular flexibility index (Phi) is 5.87. The summed E-state index contributed by atoms with van der Waals surface area (Å²) in [4.78, 5) is 31.0. The van der Waals surface area contributed by atoms with E-state index in [2.05, 4.69) is 21.6 Å². The van der Waals surface area contributed by atoms with Crippen LogP contribution in [0.5, 0.6) is 0 Å². The molecule has 2 amide bonds. The summed E-state index contributed by atoms with van der Waals surface area (Å²) in [5.41, 5.74) is 2.37. The molecule has 1 aromatic heterocycles. The van der Waals surface area contributed by atoms with E-state index in [4.69, 9.17) is 4.98 Å². The van der Waals surface area contributed by atoms with Gasteiger partial charge in [-0.05, 0) is 49.7 Å². The van der Waals surface area contributed by atoms with Crippen LogP contribution in [-0.4, -0.2) is 34.8 Å². The lowest BCUT2D eigenvalue weighted by atomic mass is 10.0. The van der Waals surface area contributed by atoms with Crippen LogP contribution in [-0.2, 0) is 9.59 Å². The highest BCUT2D eigenvalue weighted by molar-refractivity contribution is 7.18. The molecule has 0 aliphatic carbocycles. The number of hydrogen-bond acceptors (Lipinski definition) is 5. The third-order valence-corrected chi connectivity index (χ3v) is 6.16. The van der Waals surface area contributed by atoms with Gasteiger partial charge in [0.1, 0.15) is 5.01 Å². The fourth-order valence-corrected chi connectivity index (χ4v) is 4.89. The van der Waals surface area contributed by atoms with E-state index in [1.165, 1.54) is 11.6 Å². The first-order valence-corrected chi connectivity index (χ1v) is 10.7. The minimum absolute atomic E-state index is 0.0574. The number of thiazole rings is 1. The number of fused-ring (bicyclic) bond motifs is 1. The molecule has 1 atom stereocenters. The normalized spacial score (nSPS) is 17.2. The van der Waals surface area contributed by atoms with Gasteiger partial charge < -0.3 is 10.6 Å². The summed E-state index contributed by atoms with van der Waals surface area (Å²) in [6, 6.07) is 15.5. The Bertz CT molecular complexity index is 999. The molecule has 150 valence electrons. The molecule has 1 fully saturated rings. The molecule has 0 spiro atoms. The molecule has 0 saturated carbocycles. The van der Waals surface area contributed by atoms with E-state index in [1.54, 1.807) is 23.5 Å². The molecule has 4 rings (SSSR count). The van der Waals surface area contributed by atoms with Crippen molar-refractivity contribution in [2.45, 2.75) is 32.2 Å². The molecular weight excluding hydrogens is 384 g/mol. The van der Waals surface area contributed by atoms with Crippen molar-refractivity contribution in [1.82, 2.24) is 9.88 Å². The molecule has 1 aliphatic rings. The first-order chi connectivity index (χ1) is 14.1. The SMILES string of the molecule is CC(=O)Nc1cccc(NC(=O)CN2CCCCC2c2nc3ccccc3s2)c1. The number of likely N-dealkylation sites (tertiary alicyclic amines) is 1. The first-order valence-electron chi connectivity index (χ1n) is 9.85. The molecule has 29 heavy (non-hydrogen) atoms. The highest BCUT2D eigenvalue weighted by Crippen LogP contribution is 2.35. The fraction of sp³-hybridized carbons (Fsp3) is 0.318. The van der Waals surface area contributed by atoms with Crippen molar-refractivity contribution in [3.63, 3.8) is 0 Å². The molecule has 2 aromatic carbocycles. The van der Waals surface area contributed by atoms with E-state index in [0.29, 0.717) is 17.9 Å². The molecule has 2 heterocycles. The number of nitrogens with one attached hydrogen (secondary N) is 2. The zero-order valence-corrected chi connectivity index (χ0v) is 17.2. The monoisotopic (exact) mass is 408 g/mol. The van der Waals surface area contributed by atoms with Crippen molar-refractivity contribution >= 4 is 44.7 Å². The summed E-state index contributed by atoms with van der Waals surface area (Å²) in [7, 11) is 0. The quantitative estimate of drug-likeness (QED) is 0.655. The van der Waals surface area contributed by atoms with Crippen molar-refractivity contribution in [3.05, 3.63) is 53.5 Å². The van der Waals surface area contributed by atoms with Crippen LogP contribution in [0.2, 0.25) is 0 Å². The summed E-state index contributed by atoms with van der Waals surface area (Å²) in [6.07, 6.45) is 3.26. The van der Waals surface area contributed by atoms with Crippen LogP contribution < -0.4 is 10.6 Å². The Hall–Kier alpha value is -2.77. The molecule has 1 saturated heterocycles. The summed E-state index contributed by atoms with van der Waals surface area (Å²) in [5, 5.41) is 6.78. The van der Waals surface area contributed by atoms with Gasteiger partial charge in [0.05, 0.1) is 22.8 Å². The number of anilines is 2. The average Bonchev–Trinajstić information content (AvgIpc) is 3.12. The van der Waals surface area contributed by atoms with E-state index in [1.807, 2.05) is 30.3 Å². The van der Waals surface area contributed by atoms with Gasteiger partial charge in [0, 0.05) is 18.3 Å². The Balaban J connectivity index is 1.45. The first kappa shape index (κ1) is 19.5. The molecule has 0 radical (unpaired) electrons. The Morgan fingerprint density at radius 2 is 1.90 bits per heavy atom. The van der Waals surface area contributed by atoms with Crippen LogP contribution in [0.4, 0.5) is 11.4 Å². The zero-order chi connectivity index (χ0) is 20.2. The summed E-state index contributed by atoms with van der Waals surface area (Å²) in [5.74, 6) is -0.196. The number of piperidine rings is 1. The van der Waals surface area contributed by atoms with Gasteiger partial charge in [0.2, 0.25) is 11.8 Å². The van der Waals surface area contributed by atoms with Gasteiger partial charge in [-0.1, -0.05) is 24.6 Å². The van der Waals surface area contributed by atoms with E-state index < -0.39 is 0 Å². The third kappa shape index (κ3) is 4.81. The smallest absolute Gasteiger partial charge is 0.238 e. The zero-order valence-electron chi connectivity index (χ0n) is 16.4. The number of aromatic nitrogens is 1. The topological polar surface area (TPSA) is 74.3 Å². The maximum Gasteiger partial charge on any atom is 0.238 e. The van der Waals surface area contributed by atoms with Crippen molar-refractivity contribution in [2.75, 3.05) is 23.7 Å². The Labute approximate surface area is 173 Å².